The normalized spacial score (nSPS) is 20.0. The van der Waals surface area contributed by atoms with Crippen molar-refractivity contribution >= 4 is 33.7 Å². The van der Waals surface area contributed by atoms with Gasteiger partial charge < -0.3 is 10.1 Å². The van der Waals surface area contributed by atoms with Gasteiger partial charge in [-0.25, -0.2) is 4.79 Å². The van der Waals surface area contributed by atoms with Gasteiger partial charge >= 0.3 is 6.09 Å². The lowest BCUT2D eigenvalue weighted by molar-refractivity contribution is -0.130. The second-order valence-corrected chi connectivity index (χ2v) is 8.54. The molecule has 2 rings (SSSR count). The Balaban J connectivity index is 2.01. The number of amides is 2. The van der Waals surface area contributed by atoms with E-state index in [2.05, 4.69) is 21.2 Å². The molecule has 1 N–H and O–H groups in total. The number of halogens is 1. The molecular formula is C19H25BrN2O4. The zero-order valence-corrected chi connectivity index (χ0v) is 17.2. The van der Waals surface area contributed by atoms with Gasteiger partial charge in [-0.05, 0) is 52.7 Å². The van der Waals surface area contributed by atoms with Gasteiger partial charge in [-0.15, -0.1) is 0 Å². The van der Waals surface area contributed by atoms with Gasteiger partial charge in [-0.2, -0.15) is 0 Å². The monoisotopic (exact) mass is 424 g/mol. The van der Waals surface area contributed by atoms with Crippen molar-refractivity contribution in [3.05, 3.63) is 34.3 Å². The Morgan fingerprint density at radius 2 is 1.85 bits per heavy atom. The summed E-state index contributed by atoms with van der Waals surface area (Å²) in [6.07, 6.45) is 0.737. The lowest BCUT2D eigenvalue weighted by atomic mass is 9.97. The summed E-state index contributed by atoms with van der Waals surface area (Å²) in [6.45, 7) is 7.42. The van der Waals surface area contributed by atoms with Crippen LogP contribution in [0.1, 0.15) is 50.9 Å². The van der Waals surface area contributed by atoms with Crippen LogP contribution in [0.5, 0.6) is 0 Å². The van der Waals surface area contributed by atoms with Gasteiger partial charge in [0.15, 0.2) is 5.78 Å². The number of benzene rings is 1. The van der Waals surface area contributed by atoms with Crippen LogP contribution in [0.4, 0.5) is 4.79 Å². The van der Waals surface area contributed by atoms with E-state index in [1.54, 1.807) is 52.0 Å². The van der Waals surface area contributed by atoms with Crippen molar-refractivity contribution in [3.63, 3.8) is 0 Å². The number of ether oxygens (including phenoxy) is 1. The van der Waals surface area contributed by atoms with E-state index in [0.29, 0.717) is 24.9 Å². The van der Waals surface area contributed by atoms with Gasteiger partial charge in [-0.1, -0.05) is 28.1 Å². The molecule has 0 aromatic heterocycles. The number of Topliss-reactive ketones (excluding diaryl/α,β-unsaturated/α-hetero) is 1. The molecule has 142 valence electrons. The molecule has 1 saturated heterocycles. The molecule has 6 nitrogen and oxygen atoms in total. The first-order valence-corrected chi connectivity index (χ1v) is 9.40. The molecule has 0 saturated carbocycles. The third-order valence-electron chi connectivity index (χ3n) is 4.32. The quantitative estimate of drug-likeness (QED) is 0.749. The number of hydrogen-bond donors (Lipinski definition) is 1. The molecule has 1 aliphatic heterocycles. The summed E-state index contributed by atoms with van der Waals surface area (Å²) in [5.41, 5.74) is -1.12. The molecule has 0 bridgehead atoms. The maximum atomic E-state index is 12.7. The molecule has 0 spiro atoms. The number of rotatable bonds is 4. The summed E-state index contributed by atoms with van der Waals surface area (Å²) in [6, 6.07) is 6.95. The molecule has 0 aliphatic carbocycles. The maximum Gasteiger partial charge on any atom is 0.411 e. The molecule has 1 aliphatic rings. The number of carbonyl (C=O) groups is 3. The lowest BCUT2D eigenvalue weighted by Crippen LogP contribution is -2.56. The van der Waals surface area contributed by atoms with Crippen LogP contribution in [-0.4, -0.2) is 46.9 Å². The molecule has 1 heterocycles. The van der Waals surface area contributed by atoms with E-state index in [1.807, 2.05) is 0 Å². The zero-order valence-electron chi connectivity index (χ0n) is 15.6. The van der Waals surface area contributed by atoms with Crippen molar-refractivity contribution in [2.75, 3.05) is 13.1 Å². The first-order chi connectivity index (χ1) is 12.0. The third-order valence-corrected chi connectivity index (χ3v) is 4.85. The molecule has 1 aromatic carbocycles. The highest BCUT2D eigenvalue weighted by Crippen LogP contribution is 2.30. The van der Waals surface area contributed by atoms with Crippen molar-refractivity contribution < 1.29 is 19.1 Å². The molecule has 1 unspecified atom stereocenters. The highest BCUT2D eigenvalue weighted by atomic mass is 79.9. The van der Waals surface area contributed by atoms with E-state index < -0.39 is 17.2 Å². The Morgan fingerprint density at radius 1 is 1.23 bits per heavy atom. The lowest BCUT2D eigenvalue weighted by Gasteiger charge is -2.35. The van der Waals surface area contributed by atoms with E-state index in [0.717, 1.165) is 4.47 Å². The van der Waals surface area contributed by atoms with Crippen LogP contribution in [0.25, 0.3) is 0 Å². The van der Waals surface area contributed by atoms with Crippen molar-refractivity contribution in [2.24, 2.45) is 0 Å². The summed E-state index contributed by atoms with van der Waals surface area (Å²) >= 11 is 3.32. The standard InChI is InChI=1S/C19H25BrN2O4/c1-18(2,3)26-17(25)22-11-5-10-19(22,4)16(24)21-12-15(23)13-6-8-14(20)9-7-13/h6-9H,5,10-12H2,1-4H3,(H,21,24). The fraction of sp³-hybridized carbons (Fsp3) is 0.526. The Kier molecular flexibility index (Phi) is 6.11. The number of nitrogens with one attached hydrogen (secondary N) is 1. The van der Waals surface area contributed by atoms with Crippen molar-refractivity contribution in [1.82, 2.24) is 10.2 Å². The Bertz CT molecular complexity index is 696. The SMILES string of the molecule is CC(C)(C)OC(=O)N1CCCC1(C)C(=O)NCC(=O)c1ccc(Br)cc1. The van der Waals surface area contributed by atoms with Gasteiger partial charge in [-0.3, -0.25) is 14.5 Å². The van der Waals surface area contributed by atoms with E-state index in [-0.39, 0.29) is 18.2 Å². The minimum Gasteiger partial charge on any atom is -0.444 e. The topological polar surface area (TPSA) is 75.7 Å². The van der Waals surface area contributed by atoms with Crippen LogP contribution in [0.3, 0.4) is 0 Å². The summed E-state index contributed by atoms with van der Waals surface area (Å²) in [5.74, 6) is -0.525. The highest BCUT2D eigenvalue weighted by molar-refractivity contribution is 9.10. The third kappa shape index (κ3) is 4.84. The van der Waals surface area contributed by atoms with Crippen LogP contribution in [0, 0.1) is 0 Å². The smallest absolute Gasteiger partial charge is 0.411 e. The van der Waals surface area contributed by atoms with Gasteiger partial charge in [0, 0.05) is 16.6 Å². The van der Waals surface area contributed by atoms with Crippen LogP contribution in [-0.2, 0) is 9.53 Å². The van der Waals surface area contributed by atoms with Crippen LogP contribution >= 0.6 is 15.9 Å². The minimum atomic E-state index is -1.01. The Morgan fingerprint density at radius 3 is 2.42 bits per heavy atom. The average molecular weight is 425 g/mol. The summed E-state index contributed by atoms with van der Waals surface area (Å²) in [4.78, 5) is 38.8. The van der Waals surface area contributed by atoms with Crippen molar-refractivity contribution in [3.8, 4) is 0 Å². The van der Waals surface area contributed by atoms with Gasteiger partial charge in [0.05, 0.1) is 6.54 Å². The predicted molar refractivity (Wildman–Crippen MR) is 102 cm³/mol. The molecule has 7 heteroatoms. The van der Waals surface area contributed by atoms with E-state index in [9.17, 15) is 14.4 Å². The van der Waals surface area contributed by atoms with E-state index >= 15 is 0 Å². The second kappa shape index (κ2) is 7.78. The largest absolute Gasteiger partial charge is 0.444 e. The molecule has 1 aromatic rings. The maximum absolute atomic E-state index is 12.7. The number of carbonyl (C=O) groups excluding carboxylic acids is 3. The van der Waals surface area contributed by atoms with Crippen LogP contribution in [0.2, 0.25) is 0 Å². The summed E-state index contributed by atoms with van der Waals surface area (Å²) in [5, 5.41) is 2.68. The van der Waals surface area contributed by atoms with Gasteiger partial charge in [0.2, 0.25) is 5.91 Å². The van der Waals surface area contributed by atoms with Crippen LogP contribution in [0.15, 0.2) is 28.7 Å². The first-order valence-electron chi connectivity index (χ1n) is 8.61. The molecule has 2 amide bonds. The second-order valence-electron chi connectivity index (χ2n) is 7.62. The highest BCUT2D eigenvalue weighted by Gasteiger charge is 2.47. The van der Waals surface area contributed by atoms with Gasteiger partial charge in [0.1, 0.15) is 11.1 Å². The Hall–Kier alpha value is -1.89. The number of likely N-dealkylation sites (tertiary alicyclic amines) is 1. The van der Waals surface area contributed by atoms with Gasteiger partial charge in [0.25, 0.3) is 0 Å². The average Bonchev–Trinajstić information content (AvgIpc) is 2.94. The number of nitrogens with zero attached hydrogens (tertiary/aromatic N) is 1. The molecule has 0 radical (unpaired) electrons. The molecule has 1 atom stereocenters. The van der Waals surface area contributed by atoms with E-state index in [1.165, 1.54) is 4.90 Å². The molecule has 1 fully saturated rings. The van der Waals surface area contributed by atoms with Crippen molar-refractivity contribution in [2.45, 2.75) is 51.7 Å². The minimum absolute atomic E-state index is 0.113. The molecular weight excluding hydrogens is 400 g/mol. The zero-order chi connectivity index (χ0) is 19.5. The predicted octanol–water partition coefficient (Wildman–Crippen LogP) is 3.54. The summed E-state index contributed by atoms with van der Waals surface area (Å²) < 4.78 is 6.29. The molecule has 26 heavy (non-hydrogen) atoms. The fourth-order valence-corrected chi connectivity index (χ4v) is 3.16. The number of ketones is 1. The first kappa shape index (κ1) is 20.4. The Labute approximate surface area is 162 Å². The van der Waals surface area contributed by atoms with E-state index in [4.69, 9.17) is 4.74 Å². The van der Waals surface area contributed by atoms with Crippen LogP contribution < -0.4 is 5.32 Å². The number of hydrogen-bond acceptors (Lipinski definition) is 4. The van der Waals surface area contributed by atoms with Crippen molar-refractivity contribution in [1.29, 1.82) is 0 Å². The summed E-state index contributed by atoms with van der Waals surface area (Å²) in [7, 11) is 0. The fourth-order valence-electron chi connectivity index (χ4n) is 2.90.